The summed E-state index contributed by atoms with van der Waals surface area (Å²) in [5, 5.41) is 0. The second-order valence-electron chi connectivity index (χ2n) is 5.48. The Labute approximate surface area is 127 Å². The molecular formula is C17H17FN2O2. The van der Waals surface area contributed by atoms with Gasteiger partial charge in [0, 0.05) is 18.9 Å². The van der Waals surface area contributed by atoms with Gasteiger partial charge in [-0.25, -0.2) is 9.18 Å². The first-order valence-electron chi connectivity index (χ1n) is 7.11. The predicted octanol–water partition coefficient (Wildman–Crippen LogP) is 3.67. The number of benzene rings is 1. The van der Waals surface area contributed by atoms with Crippen LogP contribution in [-0.2, 0) is 11.8 Å². The van der Waals surface area contributed by atoms with Gasteiger partial charge in [-0.15, -0.1) is 0 Å². The first-order chi connectivity index (χ1) is 10.5. The summed E-state index contributed by atoms with van der Waals surface area (Å²) in [6.07, 6.45) is 1.73. The molecule has 114 valence electrons. The van der Waals surface area contributed by atoms with Gasteiger partial charge < -0.3 is 13.9 Å². The molecule has 0 aliphatic carbocycles. The molecule has 2 heterocycles. The average molecular weight is 300 g/mol. The topological polar surface area (TPSA) is 36.2 Å². The molecule has 0 fully saturated rings. The van der Waals surface area contributed by atoms with E-state index in [-0.39, 0.29) is 17.9 Å². The van der Waals surface area contributed by atoms with Crippen molar-refractivity contribution in [3.8, 4) is 5.69 Å². The molecule has 0 radical (unpaired) electrons. The molecule has 5 heteroatoms. The van der Waals surface area contributed by atoms with Crippen LogP contribution in [0.4, 0.5) is 4.39 Å². The Morgan fingerprint density at radius 3 is 2.45 bits per heavy atom. The summed E-state index contributed by atoms with van der Waals surface area (Å²) < 4.78 is 22.0. The third-order valence-corrected chi connectivity index (χ3v) is 3.56. The van der Waals surface area contributed by atoms with Crippen molar-refractivity contribution in [2.24, 2.45) is 7.05 Å². The average Bonchev–Trinajstić information content (AvgIpc) is 3.00. The summed E-state index contributed by atoms with van der Waals surface area (Å²) in [6, 6.07) is 9.95. The molecule has 0 bridgehead atoms. The van der Waals surface area contributed by atoms with Crippen LogP contribution in [0, 0.1) is 5.82 Å². The van der Waals surface area contributed by atoms with Crippen LogP contribution in [0.15, 0.2) is 42.6 Å². The van der Waals surface area contributed by atoms with Crippen LogP contribution in [-0.4, -0.2) is 21.2 Å². The van der Waals surface area contributed by atoms with Gasteiger partial charge >= 0.3 is 5.97 Å². The van der Waals surface area contributed by atoms with E-state index in [0.717, 1.165) is 16.7 Å². The van der Waals surface area contributed by atoms with Crippen molar-refractivity contribution in [2.45, 2.75) is 20.0 Å². The lowest BCUT2D eigenvalue weighted by atomic mass is 10.3. The van der Waals surface area contributed by atoms with Gasteiger partial charge in [-0.3, -0.25) is 0 Å². The van der Waals surface area contributed by atoms with E-state index in [1.807, 2.05) is 37.7 Å². The second kappa shape index (κ2) is 5.33. The summed E-state index contributed by atoms with van der Waals surface area (Å²) in [5.74, 6) is -0.624. The molecule has 0 N–H and O–H groups in total. The Bertz CT molecular complexity index is 828. The van der Waals surface area contributed by atoms with Gasteiger partial charge in [0.05, 0.1) is 17.1 Å². The van der Waals surface area contributed by atoms with Gasteiger partial charge in [0.1, 0.15) is 11.5 Å². The number of rotatable bonds is 3. The highest BCUT2D eigenvalue weighted by molar-refractivity contribution is 5.95. The Balaban J connectivity index is 2.08. The zero-order valence-corrected chi connectivity index (χ0v) is 12.7. The quantitative estimate of drug-likeness (QED) is 0.692. The standard InChI is InChI=1S/C17H17FN2O2/c1-11(2)22-17(21)16-10-15-14(19(16)3)8-9-20(15)13-6-4-12(18)5-7-13/h4-11H,1-3H3. The van der Waals surface area contributed by atoms with Crippen LogP contribution in [0.3, 0.4) is 0 Å². The first-order valence-corrected chi connectivity index (χ1v) is 7.11. The van der Waals surface area contributed by atoms with E-state index in [2.05, 4.69) is 0 Å². The molecule has 3 rings (SSSR count). The van der Waals surface area contributed by atoms with Gasteiger partial charge in [0.15, 0.2) is 0 Å². The number of hydrogen-bond donors (Lipinski definition) is 0. The summed E-state index contributed by atoms with van der Waals surface area (Å²) >= 11 is 0. The molecule has 22 heavy (non-hydrogen) atoms. The molecule has 0 aliphatic rings. The van der Waals surface area contributed by atoms with Crippen LogP contribution < -0.4 is 0 Å². The molecule has 2 aromatic heterocycles. The second-order valence-corrected chi connectivity index (χ2v) is 5.48. The van der Waals surface area contributed by atoms with E-state index in [4.69, 9.17) is 4.74 Å². The molecule has 0 atom stereocenters. The number of hydrogen-bond acceptors (Lipinski definition) is 2. The molecule has 4 nitrogen and oxygen atoms in total. The van der Waals surface area contributed by atoms with Crippen LogP contribution in [0.1, 0.15) is 24.3 Å². The zero-order chi connectivity index (χ0) is 15.9. The Kier molecular flexibility index (Phi) is 3.48. The normalized spacial score (nSPS) is 11.3. The minimum atomic E-state index is -0.348. The maximum absolute atomic E-state index is 13.1. The number of aryl methyl sites for hydroxylation is 1. The third kappa shape index (κ3) is 2.39. The third-order valence-electron chi connectivity index (χ3n) is 3.56. The number of ether oxygens (including phenoxy) is 1. The predicted molar refractivity (Wildman–Crippen MR) is 82.8 cm³/mol. The number of nitrogens with zero attached hydrogens (tertiary/aromatic N) is 2. The smallest absolute Gasteiger partial charge is 0.355 e. The molecule has 3 aromatic rings. The molecule has 0 aliphatic heterocycles. The fourth-order valence-electron chi connectivity index (χ4n) is 2.51. The lowest BCUT2D eigenvalue weighted by Gasteiger charge is -2.08. The van der Waals surface area contributed by atoms with E-state index >= 15 is 0 Å². The van der Waals surface area contributed by atoms with Gasteiger partial charge in [-0.05, 0) is 50.2 Å². The SMILES string of the molecule is CC(C)OC(=O)c1cc2c(ccn2-c2ccc(F)cc2)n1C. The molecular weight excluding hydrogens is 283 g/mol. The monoisotopic (exact) mass is 300 g/mol. The Hall–Kier alpha value is -2.56. The highest BCUT2D eigenvalue weighted by Crippen LogP contribution is 2.24. The fraction of sp³-hybridized carbons (Fsp3) is 0.235. The van der Waals surface area contributed by atoms with Gasteiger partial charge in [0.2, 0.25) is 0 Å². The van der Waals surface area contributed by atoms with Gasteiger partial charge in [-0.2, -0.15) is 0 Å². The van der Waals surface area contributed by atoms with Crippen LogP contribution >= 0.6 is 0 Å². The lowest BCUT2D eigenvalue weighted by molar-refractivity contribution is 0.0367. The maximum atomic E-state index is 13.1. The van der Waals surface area contributed by atoms with Crippen molar-refractivity contribution in [1.29, 1.82) is 0 Å². The number of carbonyl (C=O) groups excluding carboxylic acids is 1. The van der Waals surface area contributed by atoms with Gasteiger partial charge in [-0.1, -0.05) is 0 Å². The Morgan fingerprint density at radius 1 is 1.14 bits per heavy atom. The Morgan fingerprint density at radius 2 is 1.82 bits per heavy atom. The van der Waals surface area contributed by atoms with E-state index in [9.17, 15) is 9.18 Å². The minimum absolute atomic E-state index is 0.166. The van der Waals surface area contributed by atoms with Crippen LogP contribution in [0.5, 0.6) is 0 Å². The number of aromatic nitrogens is 2. The van der Waals surface area contributed by atoms with Crippen LogP contribution in [0.25, 0.3) is 16.7 Å². The van der Waals surface area contributed by atoms with E-state index < -0.39 is 0 Å². The zero-order valence-electron chi connectivity index (χ0n) is 12.7. The molecule has 0 amide bonds. The number of carbonyl (C=O) groups is 1. The summed E-state index contributed by atoms with van der Waals surface area (Å²) in [7, 11) is 1.83. The minimum Gasteiger partial charge on any atom is -0.458 e. The highest BCUT2D eigenvalue weighted by Gasteiger charge is 2.18. The molecule has 0 unspecified atom stereocenters. The molecule has 1 aromatic carbocycles. The van der Waals surface area contributed by atoms with E-state index in [0.29, 0.717) is 5.69 Å². The molecule has 0 saturated heterocycles. The molecule has 0 saturated carbocycles. The first kappa shape index (κ1) is 14.4. The largest absolute Gasteiger partial charge is 0.458 e. The van der Waals surface area contributed by atoms with E-state index in [1.54, 1.807) is 22.8 Å². The van der Waals surface area contributed by atoms with Gasteiger partial charge in [0.25, 0.3) is 0 Å². The van der Waals surface area contributed by atoms with Crippen molar-refractivity contribution in [1.82, 2.24) is 9.13 Å². The number of esters is 1. The number of halogens is 1. The summed E-state index contributed by atoms with van der Waals surface area (Å²) in [4.78, 5) is 12.1. The number of fused-ring (bicyclic) bond motifs is 1. The summed E-state index contributed by atoms with van der Waals surface area (Å²) in [6.45, 7) is 3.64. The van der Waals surface area contributed by atoms with Crippen molar-refractivity contribution in [3.05, 3.63) is 54.1 Å². The van der Waals surface area contributed by atoms with Crippen LogP contribution in [0.2, 0.25) is 0 Å². The van der Waals surface area contributed by atoms with E-state index in [1.165, 1.54) is 12.1 Å². The van der Waals surface area contributed by atoms with Crippen molar-refractivity contribution >= 4 is 17.0 Å². The maximum Gasteiger partial charge on any atom is 0.355 e. The molecule has 0 spiro atoms. The van der Waals surface area contributed by atoms with Crippen molar-refractivity contribution in [2.75, 3.05) is 0 Å². The lowest BCUT2D eigenvalue weighted by Crippen LogP contribution is -2.14. The van der Waals surface area contributed by atoms with Crippen molar-refractivity contribution < 1.29 is 13.9 Å². The highest BCUT2D eigenvalue weighted by atomic mass is 19.1. The van der Waals surface area contributed by atoms with Crippen molar-refractivity contribution in [3.63, 3.8) is 0 Å². The fourth-order valence-corrected chi connectivity index (χ4v) is 2.51. The summed E-state index contributed by atoms with van der Waals surface area (Å²) in [5.41, 5.74) is 3.13.